The van der Waals surface area contributed by atoms with Gasteiger partial charge in [-0.25, -0.2) is 0 Å². The highest BCUT2D eigenvalue weighted by Crippen LogP contribution is 2.40. The Labute approximate surface area is 104 Å². The Balaban J connectivity index is 2.06. The van der Waals surface area contributed by atoms with E-state index in [1.54, 1.807) is 9.80 Å². The molecule has 4 fully saturated rings. The summed E-state index contributed by atoms with van der Waals surface area (Å²) in [7, 11) is 0. The highest BCUT2D eigenvalue weighted by atomic mass is 16.1. The molecule has 0 amide bonds. The van der Waals surface area contributed by atoms with Crippen molar-refractivity contribution in [2.24, 2.45) is 16.7 Å². The van der Waals surface area contributed by atoms with Gasteiger partial charge in [-0.3, -0.25) is 4.79 Å². The number of piperidine rings is 2. The third-order valence-electron chi connectivity index (χ3n) is 5.80. The zero-order valence-electron chi connectivity index (χ0n) is 11.4. The van der Waals surface area contributed by atoms with Gasteiger partial charge in [0, 0.05) is 0 Å². The second-order valence-corrected chi connectivity index (χ2v) is 7.06. The Morgan fingerprint density at radius 3 is 2.18 bits per heavy atom. The second kappa shape index (κ2) is 3.55. The zero-order valence-corrected chi connectivity index (χ0v) is 11.4. The van der Waals surface area contributed by atoms with Gasteiger partial charge in [-0.15, -0.1) is 0 Å². The van der Waals surface area contributed by atoms with Crippen LogP contribution in [-0.2, 0) is 4.79 Å². The molecule has 0 aromatic carbocycles. The summed E-state index contributed by atoms with van der Waals surface area (Å²) in [5.74, 6) is 1.16. The quantitative estimate of drug-likeness (QED) is 0.596. The van der Waals surface area contributed by atoms with E-state index in [-0.39, 0.29) is 10.8 Å². The largest absolute Gasteiger partial charge is 0.328 e. The van der Waals surface area contributed by atoms with Gasteiger partial charge in [-0.2, -0.15) is 0 Å². The molecule has 3 heteroatoms. The highest BCUT2D eigenvalue weighted by Gasteiger charge is 2.65. The van der Waals surface area contributed by atoms with Gasteiger partial charge in [-0.05, 0) is 12.8 Å². The van der Waals surface area contributed by atoms with Crippen molar-refractivity contribution in [3.05, 3.63) is 0 Å². The maximum Gasteiger partial charge on any atom is 0.167 e. The lowest BCUT2D eigenvalue weighted by atomic mass is 9.58. The smallest absolute Gasteiger partial charge is 0.167 e. The summed E-state index contributed by atoms with van der Waals surface area (Å²) in [4.78, 5) is 16.3. The summed E-state index contributed by atoms with van der Waals surface area (Å²) in [6.45, 7) is 13.7. The fraction of sp³-hybridized carbons (Fsp3) is 0.929. The average molecular weight is 238 g/mol. The fourth-order valence-corrected chi connectivity index (χ4v) is 4.84. The Morgan fingerprint density at radius 2 is 1.71 bits per heavy atom. The first-order chi connectivity index (χ1) is 8.00. The molecule has 2 unspecified atom stereocenters. The number of Topliss-reactive ketones (excluding diaryl/α,β-unsaturated/α-hetero) is 1. The van der Waals surface area contributed by atoms with Gasteiger partial charge in [-0.1, -0.05) is 20.3 Å². The third kappa shape index (κ3) is 1.45. The first-order valence-corrected chi connectivity index (χ1v) is 7.22. The third-order valence-corrected chi connectivity index (χ3v) is 5.80. The van der Waals surface area contributed by atoms with Crippen molar-refractivity contribution in [3.63, 3.8) is 0 Å². The lowest BCUT2D eigenvalue weighted by molar-refractivity contribution is -0.918. The molecule has 4 saturated heterocycles. The number of quaternary nitrogens is 2. The van der Waals surface area contributed by atoms with Crippen LogP contribution in [0.15, 0.2) is 0 Å². The molecular weight excluding hydrogens is 212 g/mol. The van der Waals surface area contributed by atoms with Crippen molar-refractivity contribution in [1.29, 1.82) is 0 Å². The minimum Gasteiger partial charge on any atom is -0.328 e. The minimum absolute atomic E-state index is 0.00116. The van der Waals surface area contributed by atoms with Crippen LogP contribution in [-0.4, -0.2) is 45.1 Å². The summed E-state index contributed by atoms with van der Waals surface area (Å²) in [6, 6.07) is 0. The molecule has 17 heavy (non-hydrogen) atoms. The molecular formula is C14H26N2O+2. The van der Waals surface area contributed by atoms with Crippen LogP contribution in [0.3, 0.4) is 0 Å². The van der Waals surface area contributed by atoms with Gasteiger partial charge < -0.3 is 9.80 Å². The van der Waals surface area contributed by atoms with Crippen molar-refractivity contribution < 1.29 is 14.6 Å². The van der Waals surface area contributed by atoms with Crippen LogP contribution in [0.25, 0.3) is 0 Å². The van der Waals surface area contributed by atoms with Crippen LogP contribution in [0.4, 0.5) is 0 Å². The van der Waals surface area contributed by atoms with Crippen molar-refractivity contribution in [3.8, 4) is 0 Å². The molecule has 2 N–H and O–H groups in total. The first kappa shape index (κ1) is 11.7. The van der Waals surface area contributed by atoms with Gasteiger partial charge in [0.2, 0.25) is 0 Å². The minimum atomic E-state index is -0.0267. The van der Waals surface area contributed by atoms with E-state index >= 15 is 0 Å². The topological polar surface area (TPSA) is 26.0 Å². The van der Waals surface area contributed by atoms with Crippen molar-refractivity contribution in [2.75, 3.05) is 39.3 Å². The van der Waals surface area contributed by atoms with Crippen molar-refractivity contribution in [1.82, 2.24) is 0 Å². The van der Waals surface area contributed by atoms with Crippen LogP contribution in [0.2, 0.25) is 0 Å². The lowest BCUT2D eigenvalue weighted by Crippen LogP contribution is -3.18. The van der Waals surface area contributed by atoms with Crippen LogP contribution in [0.5, 0.6) is 0 Å². The maximum atomic E-state index is 12.9. The van der Waals surface area contributed by atoms with Crippen LogP contribution in [0.1, 0.15) is 27.2 Å². The predicted octanol–water partition coefficient (Wildman–Crippen LogP) is -1.60. The Kier molecular flexibility index (Phi) is 2.43. The van der Waals surface area contributed by atoms with E-state index in [4.69, 9.17) is 0 Å². The van der Waals surface area contributed by atoms with Gasteiger partial charge in [0.25, 0.3) is 0 Å². The molecule has 0 saturated carbocycles. The van der Waals surface area contributed by atoms with Gasteiger partial charge >= 0.3 is 0 Å². The normalized spacial score (nSPS) is 50.4. The van der Waals surface area contributed by atoms with Crippen molar-refractivity contribution in [2.45, 2.75) is 27.2 Å². The highest BCUT2D eigenvalue weighted by molar-refractivity contribution is 5.91. The number of ketones is 1. The van der Waals surface area contributed by atoms with Crippen LogP contribution in [0, 0.1) is 16.7 Å². The molecule has 3 atom stereocenters. The van der Waals surface area contributed by atoms with E-state index in [9.17, 15) is 4.79 Å². The average Bonchev–Trinajstić information content (AvgIpc) is 2.51. The number of rotatable bonds is 2. The molecule has 4 bridgehead atoms. The molecule has 4 aliphatic rings. The SMILES string of the molecule is CC[C@H](C)C12C[NH+]3CC[NH+](CC(C)(C3)C1=O)C2. The number of carbonyl (C=O) groups is 1. The number of hydrogen-bond donors (Lipinski definition) is 2. The molecule has 0 aromatic rings. The standard InChI is InChI=1S/C14H24N2O/c1-4-11(2)14-9-15-5-6-16(10-14)8-13(3,7-15)12(14)17/h11H,4-10H2,1-3H3/p+2/t11-,13?,14?/m0/s1. The summed E-state index contributed by atoms with van der Waals surface area (Å²) in [6.07, 6.45) is 1.14. The van der Waals surface area contributed by atoms with E-state index in [1.807, 2.05) is 0 Å². The summed E-state index contributed by atoms with van der Waals surface area (Å²) < 4.78 is 0. The van der Waals surface area contributed by atoms with Gasteiger partial charge in [0.15, 0.2) is 5.78 Å². The monoisotopic (exact) mass is 238 g/mol. The Morgan fingerprint density at radius 1 is 1.18 bits per heavy atom. The Hall–Kier alpha value is -0.410. The first-order valence-electron chi connectivity index (χ1n) is 7.22. The van der Waals surface area contributed by atoms with Crippen LogP contribution >= 0.6 is 0 Å². The van der Waals surface area contributed by atoms with Crippen molar-refractivity contribution >= 4 is 5.78 Å². The number of nitrogens with one attached hydrogen (secondary N) is 2. The number of carbonyl (C=O) groups excluding carboxylic acids is 1. The van der Waals surface area contributed by atoms with Gasteiger partial charge in [0.1, 0.15) is 23.9 Å². The number of fused-ring (bicyclic) bond motifs is 1. The van der Waals surface area contributed by atoms with Crippen LogP contribution < -0.4 is 9.80 Å². The molecule has 0 radical (unpaired) electrons. The van der Waals surface area contributed by atoms with E-state index in [0.29, 0.717) is 11.7 Å². The lowest BCUT2D eigenvalue weighted by Gasteiger charge is -2.50. The molecule has 0 aliphatic carbocycles. The molecule has 0 spiro atoms. The zero-order chi connectivity index (χ0) is 12.3. The summed E-state index contributed by atoms with van der Waals surface area (Å²) >= 11 is 0. The fourth-order valence-electron chi connectivity index (χ4n) is 4.84. The molecule has 4 rings (SSSR count). The maximum absolute atomic E-state index is 12.9. The van der Waals surface area contributed by atoms with E-state index < -0.39 is 0 Å². The molecule has 0 aromatic heterocycles. The van der Waals surface area contributed by atoms with E-state index in [1.165, 1.54) is 13.1 Å². The molecule has 96 valence electrons. The second-order valence-electron chi connectivity index (χ2n) is 7.06. The number of hydrogen-bond acceptors (Lipinski definition) is 1. The Bertz CT molecular complexity index is 336. The molecule has 4 heterocycles. The molecule has 3 nitrogen and oxygen atoms in total. The summed E-state index contributed by atoms with van der Waals surface area (Å²) in [5, 5.41) is 0. The predicted molar refractivity (Wildman–Crippen MR) is 66.1 cm³/mol. The van der Waals surface area contributed by atoms with Gasteiger partial charge in [0.05, 0.1) is 26.2 Å². The van der Waals surface area contributed by atoms with E-state index in [2.05, 4.69) is 20.8 Å². The molecule has 4 aliphatic heterocycles. The van der Waals surface area contributed by atoms with E-state index in [0.717, 1.165) is 32.6 Å². The summed E-state index contributed by atoms with van der Waals surface area (Å²) in [5.41, 5.74) is -0.0255.